The third-order valence-electron chi connectivity index (χ3n) is 8.86. The minimum absolute atomic E-state index is 0.0734. The molecule has 1 heterocycles. The molecule has 0 aliphatic heterocycles. The van der Waals surface area contributed by atoms with Crippen LogP contribution in [0, 0.1) is 24.2 Å². The molecule has 4 nitrogen and oxygen atoms in total. The fourth-order valence-corrected chi connectivity index (χ4v) is 8.21. The van der Waals surface area contributed by atoms with Crippen LogP contribution in [0.2, 0.25) is 0 Å². The summed E-state index contributed by atoms with van der Waals surface area (Å²) in [5, 5.41) is 3.52. The Morgan fingerprint density at radius 3 is 2.56 bits per heavy atom. The van der Waals surface area contributed by atoms with E-state index in [4.69, 9.17) is 4.98 Å². The molecule has 4 saturated carbocycles. The van der Waals surface area contributed by atoms with Gasteiger partial charge in [-0.05, 0) is 98.8 Å². The second kappa shape index (κ2) is 8.44. The Hall–Kier alpha value is -2.27. The van der Waals surface area contributed by atoms with Crippen LogP contribution in [0.3, 0.4) is 0 Å². The number of benzene rings is 2. The van der Waals surface area contributed by atoms with Gasteiger partial charge < -0.3 is 10.3 Å². The van der Waals surface area contributed by atoms with Gasteiger partial charge in [0.25, 0.3) is 0 Å². The van der Waals surface area contributed by atoms with Crippen molar-refractivity contribution in [3.8, 4) is 0 Å². The van der Waals surface area contributed by atoms with Gasteiger partial charge in [-0.2, -0.15) is 11.8 Å². The number of aromatic nitrogens is 2. The summed E-state index contributed by atoms with van der Waals surface area (Å²) >= 11 is 1.82. The number of para-hydroxylation sites is 2. The Morgan fingerprint density at radius 2 is 1.85 bits per heavy atom. The number of nitrogens with one attached hydrogen (secondary N) is 2. The van der Waals surface area contributed by atoms with Crippen LogP contribution in [0.5, 0.6) is 0 Å². The van der Waals surface area contributed by atoms with E-state index in [0.717, 1.165) is 48.3 Å². The fraction of sp³-hybridized carbons (Fsp3) is 0.517. The maximum Gasteiger partial charge on any atom is 0.226 e. The maximum absolute atomic E-state index is 14.1. The van der Waals surface area contributed by atoms with Crippen molar-refractivity contribution in [1.82, 2.24) is 15.3 Å². The number of nitrogens with zero attached hydrogens (tertiary/aromatic N) is 1. The van der Waals surface area contributed by atoms with Crippen molar-refractivity contribution in [1.29, 1.82) is 0 Å². The molecule has 4 aliphatic carbocycles. The smallest absolute Gasteiger partial charge is 0.226 e. The SMILES string of the molecule is CSCC[C@H](NC(=O)C12C[C@H]3C[C@@H](C1)CC(c1ccc(C)cc1)(C3)C2)c1nc2ccccc2[nH]1. The van der Waals surface area contributed by atoms with E-state index < -0.39 is 0 Å². The second-order valence-electron chi connectivity index (χ2n) is 11.3. The molecule has 178 valence electrons. The number of carbonyl (C=O) groups excluding carboxylic acids is 1. The van der Waals surface area contributed by atoms with Crippen molar-refractivity contribution in [3.63, 3.8) is 0 Å². The van der Waals surface area contributed by atoms with Gasteiger partial charge in [0.1, 0.15) is 5.82 Å². The number of thioether (sulfide) groups is 1. The molecule has 2 unspecified atom stereocenters. The molecule has 4 fully saturated rings. The lowest BCUT2D eigenvalue weighted by molar-refractivity contribution is -0.150. The van der Waals surface area contributed by atoms with Crippen LogP contribution >= 0.6 is 11.8 Å². The molecule has 5 atom stereocenters. The number of imidazole rings is 1. The lowest BCUT2D eigenvalue weighted by Crippen LogP contribution is -2.59. The standard InChI is InChI=1S/C29H35N3OS/c1-19-7-9-22(10-8-19)28-14-20-13-21(15-28)17-29(16-20,18-28)27(33)32-25(11-12-34-2)26-30-23-5-3-4-6-24(23)31-26/h3-10,20-21,25H,11-18H2,1-2H3,(H,30,31)(H,32,33)/t20-,21+,25-,28?,29?/m0/s1. The van der Waals surface area contributed by atoms with E-state index in [9.17, 15) is 4.79 Å². The fourth-order valence-electron chi connectivity index (χ4n) is 7.73. The van der Waals surface area contributed by atoms with E-state index in [0.29, 0.717) is 11.8 Å². The van der Waals surface area contributed by atoms with Crippen LogP contribution in [0.1, 0.15) is 67.9 Å². The van der Waals surface area contributed by atoms with Gasteiger partial charge in [0.05, 0.1) is 22.5 Å². The summed E-state index contributed by atoms with van der Waals surface area (Å²) in [7, 11) is 0. The zero-order chi connectivity index (χ0) is 23.3. The van der Waals surface area contributed by atoms with Crippen LogP contribution in [-0.4, -0.2) is 27.9 Å². The number of aromatic amines is 1. The number of hydrogen-bond donors (Lipinski definition) is 2. The second-order valence-corrected chi connectivity index (χ2v) is 12.3. The first kappa shape index (κ1) is 22.2. The first-order chi connectivity index (χ1) is 16.5. The largest absolute Gasteiger partial charge is 0.346 e. The number of fused-ring (bicyclic) bond motifs is 1. The molecular weight excluding hydrogens is 438 g/mol. The number of hydrogen-bond acceptors (Lipinski definition) is 3. The van der Waals surface area contributed by atoms with Crippen molar-refractivity contribution in [3.05, 3.63) is 65.5 Å². The van der Waals surface area contributed by atoms with Gasteiger partial charge in [-0.3, -0.25) is 4.79 Å². The summed E-state index contributed by atoms with van der Waals surface area (Å²) in [5.41, 5.74) is 4.70. The Morgan fingerprint density at radius 1 is 1.12 bits per heavy atom. The van der Waals surface area contributed by atoms with Crippen LogP contribution in [-0.2, 0) is 10.2 Å². The highest BCUT2D eigenvalue weighted by molar-refractivity contribution is 7.98. The van der Waals surface area contributed by atoms with Gasteiger partial charge in [0.15, 0.2) is 0 Å². The summed E-state index contributed by atoms with van der Waals surface area (Å²) in [6.45, 7) is 2.16. The van der Waals surface area contributed by atoms with E-state index in [-0.39, 0.29) is 22.8 Å². The van der Waals surface area contributed by atoms with Gasteiger partial charge in [-0.15, -0.1) is 0 Å². The maximum atomic E-state index is 14.1. The predicted molar refractivity (Wildman–Crippen MR) is 140 cm³/mol. The minimum Gasteiger partial charge on any atom is -0.346 e. The molecule has 0 radical (unpaired) electrons. The van der Waals surface area contributed by atoms with E-state index in [2.05, 4.69) is 53.8 Å². The zero-order valence-corrected chi connectivity index (χ0v) is 21.1. The molecule has 4 bridgehead atoms. The minimum atomic E-state index is -0.238. The first-order valence-electron chi connectivity index (χ1n) is 12.8. The highest BCUT2D eigenvalue weighted by atomic mass is 32.2. The van der Waals surface area contributed by atoms with E-state index in [1.54, 1.807) is 0 Å². The van der Waals surface area contributed by atoms with Crippen molar-refractivity contribution in [2.75, 3.05) is 12.0 Å². The van der Waals surface area contributed by atoms with E-state index in [1.807, 2.05) is 30.0 Å². The van der Waals surface area contributed by atoms with Crippen molar-refractivity contribution < 1.29 is 4.79 Å². The zero-order valence-electron chi connectivity index (χ0n) is 20.3. The van der Waals surface area contributed by atoms with Gasteiger partial charge in [-0.25, -0.2) is 4.98 Å². The summed E-state index contributed by atoms with van der Waals surface area (Å²) < 4.78 is 0. The Labute approximate surface area is 206 Å². The lowest BCUT2D eigenvalue weighted by atomic mass is 9.42. The molecular formula is C29H35N3OS. The van der Waals surface area contributed by atoms with Crippen LogP contribution in [0.15, 0.2) is 48.5 Å². The normalized spacial score (nSPS) is 30.5. The molecule has 2 N–H and O–H groups in total. The molecule has 0 spiro atoms. The summed E-state index contributed by atoms with van der Waals surface area (Å²) in [6, 6.07) is 17.2. The van der Waals surface area contributed by atoms with Crippen LogP contribution < -0.4 is 5.32 Å². The van der Waals surface area contributed by atoms with Gasteiger partial charge in [-0.1, -0.05) is 42.0 Å². The molecule has 1 amide bonds. The van der Waals surface area contributed by atoms with Crippen molar-refractivity contribution >= 4 is 28.7 Å². The summed E-state index contributed by atoms with van der Waals surface area (Å²) in [6.07, 6.45) is 9.93. The Balaban J connectivity index is 1.30. The third kappa shape index (κ3) is 3.77. The monoisotopic (exact) mass is 473 g/mol. The predicted octanol–water partition coefficient (Wildman–Crippen LogP) is 6.32. The quantitative estimate of drug-likeness (QED) is 0.422. The topological polar surface area (TPSA) is 57.8 Å². The highest BCUT2D eigenvalue weighted by Gasteiger charge is 2.61. The molecule has 0 saturated heterocycles. The van der Waals surface area contributed by atoms with E-state index >= 15 is 0 Å². The molecule has 1 aromatic heterocycles. The molecule has 5 heteroatoms. The molecule has 34 heavy (non-hydrogen) atoms. The first-order valence-corrected chi connectivity index (χ1v) is 14.2. The van der Waals surface area contributed by atoms with Crippen molar-refractivity contribution in [2.24, 2.45) is 17.3 Å². The molecule has 3 aromatic rings. The number of aryl methyl sites for hydroxylation is 1. The average Bonchev–Trinajstić information content (AvgIpc) is 3.25. The summed E-state index contributed by atoms with van der Waals surface area (Å²) in [4.78, 5) is 22.5. The number of amides is 1. The molecule has 7 rings (SSSR count). The third-order valence-corrected chi connectivity index (χ3v) is 9.50. The van der Waals surface area contributed by atoms with Crippen LogP contribution in [0.4, 0.5) is 0 Å². The van der Waals surface area contributed by atoms with Crippen molar-refractivity contribution in [2.45, 2.75) is 63.3 Å². The summed E-state index contributed by atoms with van der Waals surface area (Å²) in [5.74, 6) is 3.49. The van der Waals surface area contributed by atoms with Gasteiger partial charge in [0, 0.05) is 0 Å². The van der Waals surface area contributed by atoms with Crippen LogP contribution in [0.25, 0.3) is 11.0 Å². The molecule has 4 aliphatic rings. The Bertz CT molecular complexity index is 1150. The average molecular weight is 474 g/mol. The lowest BCUT2D eigenvalue weighted by Gasteiger charge is -2.61. The Kier molecular flexibility index (Phi) is 5.51. The highest BCUT2D eigenvalue weighted by Crippen LogP contribution is 2.65. The van der Waals surface area contributed by atoms with E-state index in [1.165, 1.54) is 30.4 Å². The van der Waals surface area contributed by atoms with Gasteiger partial charge >= 0.3 is 0 Å². The molecule has 2 aromatic carbocycles. The number of carbonyl (C=O) groups is 1. The number of rotatable bonds is 7. The van der Waals surface area contributed by atoms with Gasteiger partial charge in [0.2, 0.25) is 5.91 Å². The number of H-pyrrole nitrogens is 1.